The van der Waals surface area contributed by atoms with Gasteiger partial charge in [0.25, 0.3) is 5.91 Å². The van der Waals surface area contributed by atoms with E-state index in [0.717, 1.165) is 29.9 Å². The summed E-state index contributed by atoms with van der Waals surface area (Å²) in [5.74, 6) is -3.04. The quantitative estimate of drug-likeness (QED) is 0.128. The van der Waals surface area contributed by atoms with E-state index < -0.39 is 23.6 Å². The molecule has 2 aromatic carbocycles. The van der Waals surface area contributed by atoms with Crippen LogP contribution < -0.4 is 5.32 Å². The van der Waals surface area contributed by atoms with E-state index in [1.54, 1.807) is 24.3 Å². The summed E-state index contributed by atoms with van der Waals surface area (Å²) in [4.78, 5) is 37.1. The number of carboxylic acids is 1. The van der Waals surface area contributed by atoms with Crippen molar-refractivity contribution in [2.24, 2.45) is 0 Å². The first-order valence-corrected chi connectivity index (χ1v) is 15.2. The molecule has 0 aromatic heterocycles. The average molecular weight is 591 g/mol. The summed E-state index contributed by atoms with van der Waals surface area (Å²) < 4.78 is 38.5. The van der Waals surface area contributed by atoms with E-state index in [0.29, 0.717) is 23.2 Å². The molecule has 232 valence electrons. The first-order chi connectivity index (χ1) is 20.1. The van der Waals surface area contributed by atoms with Gasteiger partial charge < -0.3 is 15.3 Å². The minimum absolute atomic E-state index is 0.0764. The molecule has 2 rings (SSSR count). The second kappa shape index (κ2) is 18.9. The summed E-state index contributed by atoms with van der Waals surface area (Å²) in [5.41, 5.74) is 0.573. The summed E-state index contributed by atoms with van der Waals surface area (Å²) in [6, 6.07) is 10.7. The smallest absolute Gasteiger partial charge is 0.416 e. The Hall–Kier alpha value is -3.36. The molecular weight excluding hydrogens is 545 g/mol. The van der Waals surface area contributed by atoms with Crippen molar-refractivity contribution in [2.75, 3.05) is 6.54 Å². The molecule has 0 saturated carbocycles. The zero-order valence-corrected chi connectivity index (χ0v) is 24.7. The van der Waals surface area contributed by atoms with Gasteiger partial charge in [-0.25, -0.2) is 4.79 Å². The number of nitrogens with one attached hydrogen (secondary N) is 1. The number of unbranched alkanes of at least 4 members (excludes halogenated alkanes) is 12. The first kappa shape index (κ1) is 34.8. The number of hydrogen-bond donors (Lipinski definition) is 2. The highest BCUT2D eigenvalue weighted by atomic mass is 19.4. The largest absolute Gasteiger partial charge is 0.474 e. The number of hydrogen-bond acceptors (Lipinski definition) is 3. The normalized spacial score (nSPS) is 11.3. The molecule has 0 aliphatic heterocycles. The molecular formula is C33H45F3N2O4. The number of amides is 2. The molecule has 9 heteroatoms. The second-order valence-corrected chi connectivity index (χ2v) is 10.9. The Morgan fingerprint density at radius 3 is 1.55 bits per heavy atom. The number of carboxylic acid groups (broad SMARTS) is 1. The van der Waals surface area contributed by atoms with Crippen LogP contribution in [0, 0.1) is 0 Å². The summed E-state index contributed by atoms with van der Waals surface area (Å²) >= 11 is 0. The standard InChI is InChI=1S/C33H45F3N2O4/c1-2-3-4-5-6-7-8-9-10-11-12-13-14-23-37-30(39)28-19-15-26(16-20-28)24-38(31(40)32(41)42)25-27-17-21-29(22-18-27)33(34,35)36/h15-22H,2-14,23-25H2,1H3,(H,37,39)(H,41,42). The monoisotopic (exact) mass is 590 g/mol. The maximum atomic E-state index is 12.8. The van der Waals surface area contributed by atoms with Gasteiger partial charge in [0, 0.05) is 25.2 Å². The molecule has 0 spiro atoms. The van der Waals surface area contributed by atoms with Crippen molar-refractivity contribution in [1.82, 2.24) is 10.2 Å². The van der Waals surface area contributed by atoms with Crippen LogP contribution in [0.2, 0.25) is 0 Å². The zero-order chi connectivity index (χ0) is 30.8. The number of halogens is 3. The van der Waals surface area contributed by atoms with Crippen molar-refractivity contribution in [3.05, 3.63) is 70.8 Å². The Balaban J connectivity index is 1.71. The van der Waals surface area contributed by atoms with Gasteiger partial charge in [-0.15, -0.1) is 0 Å². The van der Waals surface area contributed by atoms with Crippen molar-refractivity contribution in [3.8, 4) is 0 Å². The fourth-order valence-corrected chi connectivity index (χ4v) is 4.78. The Kier molecular flexibility index (Phi) is 15.7. The average Bonchev–Trinajstić information content (AvgIpc) is 2.96. The molecule has 2 N–H and O–H groups in total. The third kappa shape index (κ3) is 13.5. The van der Waals surface area contributed by atoms with Crippen LogP contribution in [0.25, 0.3) is 0 Å². The van der Waals surface area contributed by atoms with E-state index in [2.05, 4.69) is 12.2 Å². The van der Waals surface area contributed by atoms with Gasteiger partial charge in [-0.1, -0.05) is 108 Å². The summed E-state index contributed by atoms with van der Waals surface area (Å²) in [7, 11) is 0. The third-order valence-corrected chi connectivity index (χ3v) is 7.28. The van der Waals surface area contributed by atoms with Crippen LogP contribution >= 0.6 is 0 Å². The minimum atomic E-state index is -4.49. The Morgan fingerprint density at radius 2 is 1.12 bits per heavy atom. The summed E-state index contributed by atoms with van der Waals surface area (Å²) in [5, 5.41) is 12.1. The lowest BCUT2D eigenvalue weighted by molar-refractivity contribution is -0.156. The van der Waals surface area contributed by atoms with Gasteiger partial charge in [0.05, 0.1) is 5.56 Å². The lowest BCUT2D eigenvalue weighted by Crippen LogP contribution is -2.35. The highest BCUT2D eigenvalue weighted by molar-refractivity contribution is 6.31. The van der Waals surface area contributed by atoms with E-state index in [9.17, 15) is 32.7 Å². The molecule has 0 radical (unpaired) electrons. The lowest BCUT2D eigenvalue weighted by atomic mass is 10.0. The van der Waals surface area contributed by atoms with Gasteiger partial charge in [-0.3, -0.25) is 9.59 Å². The van der Waals surface area contributed by atoms with Crippen LogP contribution in [0.5, 0.6) is 0 Å². The molecule has 2 aromatic rings. The minimum Gasteiger partial charge on any atom is -0.474 e. The van der Waals surface area contributed by atoms with Gasteiger partial charge in [0.2, 0.25) is 0 Å². The maximum Gasteiger partial charge on any atom is 0.416 e. The van der Waals surface area contributed by atoms with Crippen LogP contribution in [0.4, 0.5) is 13.2 Å². The van der Waals surface area contributed by atoms with Gasteiger partial charge in [0.15, 0.2) is 0 Å². The Labute approximate surface area is 247 Å². The van der Waals surface area contributed by atoms with Gasteiger partial charge in [-0.2, -0.15) is 13.2 Å². The van der Waals surface area contributed by atoms with Gasteiger partial charge in [0.1, 0.15) is 0 Å². The van der Waals surface area contributed by atoms with Crippen LogP contribution in [-0.4, -0.2) is 34.3 Å². The number of rotatable bonds is 19. The predicted octanol–water partition coefficient (Wildman–Crippen LogP) is 8.14. The van der Waals surface area contributed by atoms with Crippen LogP contribution in [0.3, 0.4) is 0 Å². The molecule has 0 unspecified atom stereocenters. The highest BCUT2D eigenvalue weighted by Crippen LogP contribution is 2.29. The number of benzene rings is 2. The van der Waals surface area contributed by atoms with Crippen molar-refractivity contribution in [1.29, 1.82) is 0 Å². The van der Waals surface area contributed by atoms with E-state index >= 15 is 0 Å². The molecule has 0 aliphatic rings. The lowest BCUT2D eigenvalue weighted by Gasteiger charge is -2.21. The number of alkyl halides is 3. The Bertz CT molecular complexity index is 1090. The number of carbonyl (C=O) groups is 3. The fourth-order valence-electron chi connectivity index (χ4n) is 4.78. The van der Waals surface area contributed by atoms with Crippen LogP contribution in [0.1, 0.15) is 117 Å². The molecule has 0 saturated heterocycles. The molecule has 0 fully saturated rings. The van der Waals surface area contributed by atoms with E-state index in [1.165, 1.54) is 82.8 Å². The molecule has 0 heterocycles. The number of nitrogens with zero attached hydrogens (tertiary/aromatic N) is 1. The van der Waals surface area contributed by atoms with Crippen molar-refractivity contribution < 1.29 is 32.7 Å². The van der Waals surface area contributed by atoms with Crippen molar-refractivity contribution in [3.63, 3.8) is 0 Å². The molecule has 0 aliphatic carbocycles. The molecule has 2 amide bonds. The fraction of sp³-hybridized carbons (Fsp3) is 0.545. The zero-order valence-electron chi connectivity index (χ0n) is 24.7. The van der Waals surface area contributed by atoms with Crippen LogP contribution in [-0.2, 0) is 28.9 Å². The third-order valence-electron chi connectivity index (χ3n) is 7.28. The molecule has 0 bridgehead atoms. The molecule has 6 nitrogen and oxygen atoms in total. The topological polar surface area (TPSA) is 86.7 Å². The van der Waals surface area contributed by atoms with Gasteiger partial charge in [-0.05, 0) is 41.8 Å². The molecule has 0 atom stereocenters. The van der Waals surface area contributed by atoms with Crippen LogP contribution in [0.15, 0.2) is 48.5 Å². The number of aliphatic carboxylic acids is 1. The van der Waals surface area contributed by atoms with Gasteiger partial charge >= 0.3 is 18.1 Å². The first-order valence-electron chi connectivity index (χ1n) is 15.2. The second-order valence-electron chi connectivity index (χ2n) is 10.9. The highest BCUT2D eigenvalue weighted by Gasteiger charge is 2.30. The SMILES string of the molecule is CCCCCCCCCCCCCCCNC(=O)c1ccc(CN(Cc2ccc(C(F)(F)F)cc2)C(=O)C(=O)O)cc1. The van der Waals surface area contributed by atoms with E-state index in [4.69, 9.17) is 0 Å². The Morgan fingerprint density at radius 1 is 0.690 bits per heavy atom. The van der Waals surface area contributed by atoms with E-state index in [1.807, 2.05) is 0 Å². The predicted molar refractivity (Wildman–Crippen MR) is 158 cm³/mol. The summed E-state index contributed by atoms with van der Waals surface area (Å²) in [6.45, 7) is 2.58. The number of carbonyl (C=O) groups excluding carboxylic acids is 2. The van der Waals surface area contributed by atoms with Crippen molar-refractivity contribution >= 4 is 17.8 Å². The van der Waals surface area contributed by atoms with E-state index in [-0.39, 0.29) is 19.0 Å². The van der Waals surface area contributed by atoms with Crippen molar-refractivity contribution in [2.45, 2.75) is 110 Å². The maximum absolute atomic E-state index is 12.8. The summed E-state index contributed by atoms with van der Waals surface area (Å²) in [6.07, 6.45) is 11.9. The molecule has 42 heavy (non-hydrogen) atoms.